The Hall–Kier alpha value is -3.23. The van der Waals surface area contributed by atoms with Crippen LogP contribution in [-0.2, 0) is 17.8 Å². The summed E-state index contributed by atoms with van der Waals surface area (Å²) in [5.41, 5.74) is 3.08. The van der Waals surface area contributed by atoms with E-state index in [0.717, 1.165) is 11.1 Å². The highest BCUT2D eigenvalue weighted by Gasteiger charge is 2.19. The van der Waals surface area contributed by atoms with Crippen LogP contribution in [0.2, 0.25) is 0 Å². The van der Waals surface area contributed by atoms with Crippen molar-refractivity contribution in [3.05, 3.63) is 83.7 Å². The van der Waals surface area contributed by atoms with E-state index in [0.29, 0.717) is 29.2 Å². The molecule has 7 nitrogen and oxygen atoms in total. The van der Waals surface area contributed by atoms with E-state index in [4.69, 9.17) is 4.74 Å². The molecule has 0 fully saturated rings. The predicted molar refractivity (Wildman–Crippen MR) is 112 cm³/mol. The standard InChI is InChI=1S/C21H21N3O4S/c1-15-5-7-18(8-6-15)24(29(26)27)19-10-17(11-20(12-19)28-2)21(25)23-14-16-4-3-9-22-13-16/h3-13H,14H2,1-2H3,(H,23,25)(H,26,27). The SMILES string of the molecule is COc1cc(C(=O)NCc2cccnc2)cc(N(c2ccc(C)cc2)S(=O)O)c1. The number of pyridine rings is 1. The smallest absolute Gasteiger partial charge is 0.266 e. The molecule has 3 rings (SSSR count). The van der Waals surface area contributed by atoms with Gasteiger partial charge in [-0.05, 0) is 42.8 Å². The van der Waals surface area contributed by atoms with Gasteiger partial charge in [-0.25, -0.2) is 8.51 Å². The lowest BCUT2D eigenvalue weighted by Crippen LogP contribution is -2.24. The average Bonchev–Trinajstić information content (AvgIpc) is 2.74. The predicted octanol–water partition coefficient (Wildman–Crippen LogP) is 3.60. The van der Waals surface area contributed by atoms with E-state index in [2.05, 4.69) is 10.3 Å². The minimum absolute atomic E-state index is 0.311. The minimum atomic E-state index is -2.34. The van der Waals surface area contributed by atoms with Gasteiger partial charge in [0.25, 0.3) is 17.2 Å². The molecule has 0 aliphatic carbocycles. The molecule has 1 amide bonds. The summed E-state index contributed by atoms with van der Waals surface area (Å²) in [4.78, 5) is 16.7. The Morgan fingerprint density at radius 2 is 1.93 bits per heavy atom. The monoisotopic (exact) mass is 411 g/mol. The third-order valence-corrected chi connectivity index (χ3v) is 4.96. The Bertz CT molecular complexity index is 1010. The maximum Gasteiger partial charge on any atom is 0.266 e. The van der Waals surface area contributed by atoms with Crippen LogP contribution in [0, 0.1) is 6.92 Å². The number of rotatable bonds is 7. The maximum absolute atomic E-state index is 12.7. The highest BCUT2D eigenvalue weighted by atomic mass is 32.2. The van der Waals surface area contributed by atoms with E-state index in [1.165, 1.54) is 11.4 Å². The van der Waals surface area contributed by atoms with E-state index in [9.17, 15) is 13.6 Å². The van der Waals surface area contributed by atoms with Crippen LogP contribution in [0.5, 0.6) is 5.75 Å². The Balaban J connectivity index is 1.91. The van der Waals surface area contributed by atoms with Crippen LogP contribution in [0.15, 0.2) is 67.0 Å². The molecule has 2 aromatic carbocycles. The van der Waals surface area contributed by atoms with Crippen molar-refractivity contribution in [3.8, 4) is 5.75 Å². The van der Waals surface area contributed by atoms with Crippen molar-refractivity contribution in [1.29, 1.82) is 0 Å². The molecule has 0 radical (unpaired) electrons. The van der Waals surface area contributed by atoms with Crippen LogP contribution in [0.25, 0.3) is 0 Å². The van der Waals surface area contributed by atoms with Gasteiger partial charge in [-0.15, -0.1) is 0 Å². The van der Waals surface area contributed by atoms with Crippen LogP contribution >= 0.6 is 0 Å². The van der Waals surface area contributed by atoms with Gasteiger partial charge in [0, 0.05) is 30.6 Å². The summed E-state index contributed by atoms with van der Waals surface area (Å²) >= 11 is -2.34. The summed E-state index contributed by atoms with van der Waals surface area (Å²) < 4.78 is 28.5. The molecule has 1 atom stereocenters. The molecule has 150 valence electrons. The van der Waals surface area contributed by atoms with Gasteiger partial charge in [0.1, 0.15) is 5.75 Å². The van der Waals surface area contributed by atoms with E-state index in [-0.39, 0.29) is 5.91 Å². The zero-order valence-electron chi connectivity index (χ0n) is 16.0. The van der Waals surface area contributed by atoms with Gasteiger partial charge < -0.3 is 10.1 Å². The summed E-state index contributed by atoms with van der Waals surface area (Å²) in [7, 11) is 1.47. The van der Waals surface area contributed by atoms with Gasteiger partial charge >= 0.3 is 0 Å². The first-order valence-electron chi connectivity index (χ1n) is 8.82. The number of aryl methyl sites for hydroxylation is 1. The molecule has 2 N–H and O–H groups in total. The Kier molecular flexibility index (Phi) is 6.58. The normalized spacial score (nSPS) is 11.6. The van der Waals surface area contributed by atoms with Gasteiger partial charge in [-0.3, -0.25) is 14.3 Å². The molecular weight excluding hydrogens is 390 g/mol. The van der Waals surface area contributed by atoms with Gasteiger partial charge in [-0.2, -0.15) is 0 Å². The number of hydrogen-bond donors (Lipinski definition) is 2. The third kappa shape index (κ3) is 5.18. The molecule has 1 aromatic heterocycles. The second-order valence-electron chi connectivity index (χ2n) is 6.32. The van der Waals surface area contributed by atoms with Gasteiger partial charge in [0.15, 0.2) is 0 Å². The number of hydrogen-bond acceptors (Lipinski definition) is 4. The van der Waals surface area contributed by atoms with E-state index in [1.807, 2.05) is 25.1 Å². The van der Waals surface area contributed by atoms with Gasteiger partial charge in [-0.1, -0.05) is 23.8 Å². The van der Waals surface area contributed by atoms with Crippen molar-refractivity contribution < 1.29 is 18.3 Å². The van der Waals surface area contributed by atoms with E-state index < -0.39 is 11.3 Å². The van der Waals surface area contributed by atoms with Gasteiger partial charge in [0.2, 0.25) is 0 Å². The maximum atomic E-state index is 12.7. The number of anilines is 2. The fraction of sp³-hybridized carbons (Fsp3) is 0.143. The zero-order chi connectivity index (χ0) is 20.8. The first-order chi connectivity index (χ1) is 14.0. The van der Waals surface area contributed by atoms with Crippen molar-refractivity contribution >= 4 is 28.5 Å². The molecule has 8 heteroatoms. The second-order valence-corrected chi connectivity index (χ2v) is 7.15. The fourth-order valence-electron chi connectivity index (χ4n) is 2.75. The summed E-state index contributed by atoms with van der Waals surface area (Å²) in [6.45, 7) is 2.24. The Morgan fingerprint density at radius 3 is 2.55 bits per heavy atom. The van der Waals surface area contributed by atoms with E-state index in [1.54, 1.807) is 48.8 Å². The molecule has 29 heavy (non-hydrogen) atoms. The Morgan fingerprint density at radius 1 is 1.17 bits per heavy atom. The topological polar surface area (TPSA) is 91.8 Å². The first-order valence-corrected chi connectivity index (χ1v) is 9.88. The number of aromatic nitrogens is 1. The second kappa shape index (κ2) is 9.31. The molecule has 1 heterocycles. The molecule has 0 aliphatic rings. The molecule has 0 bridgehead atoms. The molecular formula is C21H21N3O4S. The van der Waals surface area contributed by atoms with Crippen LogP contribution in [0.4, 0.5) is 11.4 Å². The number of nitrogens with one attached hydrogen (secondary N) is 1. The summed E-state index contributed by atoms with van der Waals surface area (Å²) in [6, 6.07) is 15.6. The van der Waals surface area contributed by atoms with Crippen molar-refractivity contribution in [1.82, 2.24) is 10.3 Å². The number of carbonyl (C=O) groups is 1. The molecule has 0 saturated heterocycles. The minimum Gasteiger partial charge on any atom is -0.497 e. The quantitative estimate of drug-likeness (QED) is 0.580. The third-order valence-electron chi connectivity index (χ3n) is 4.22. The molecule has 0 aliphatic heterocycles. The molecule has 3 aromatic rings. The van der Waals surface area contributed by atoms with Crippen LogP contribution < -0.4 is 14.4 Å². The van der Waals surface area contributed by atoms with Crippen molar-refractivity contribution in [3.63, 3.8) is 0 Å². The summed E-state index contributed by atoms with van der Waals surface area (Å²) in [6.07, 6.45) is 3.33. The number of ether oxygens (including phenoxy) is 1. The number of carbonyl (C=O) groups excluding carboxylic acids is 1. The van der Waals surface area contributed by atoms with Crippen molar-refractivity contribution in [2.24, 2.45) is 0 Å². The summed E-state index contributed by atoms with van der Waals surface area (Å²) in [5.74, 6) is 0.0678. The number of benzene rings is 2. The Labute approximate surface area is 171 Å². The van der Waals surface area contributed by atoms with Gasteiger partial charge in [0.05, 0.1) is 18.5 Å². The lowest BCUT2D eigenvalue weighted by molar-refractivity contribution is 0.0950. The average molecular weight is 411 g/mol. The van der Waals surface area contributed by atoms with Crippen LogP contribution in [0.3, 0.4) is 0 Å². The fourth-order valence-corrected chi connectivity index (χ4v) is 3.33. The lowest BCUT2D eigenvalue weighted by atomic mass is 10.1. The largest absolute Gasteiger partial charge is 0.497 e. The number of nitrogens with zero attached hydrogens (tertiary/aromatic N) is 2. The number of amides is 1. The van der Waals surface area contributed by atoms with Crippen LogP contribution in [-0.4, -0.2) is 26.8 Å². The van der Waals surface area contributed by atoms with E-state index >= 15 is 0 Å². The van der Waals surface area contributed by atoms with Crippen molar-refractivity contribution in [2.45, 2.75) is 13.5 Å². The highest BCUT2D eigenvalue weighted by molar-refractivity contribution is 7.81. The lowest BCUT2D eigenvalue weighted by Gasteiger charge is -2.21. The molecule has 0 saturated carbocycles. The van der Waals surface area contributed by atoms with Crippen molar-refractivity contribution in [2.75, 3.05) is 11.4 Å². The summed E-state index contributed by atoms with van der Waals surface area (Å²) in [5, 5.41) is 2.82. The zero-order valence-corrected chi connectivity index (χ0v) is 16.8. The van der Waals surface area contributed by atoms with Crippen LogP contribution in [0.1, 0.15) is 21.5 Å². The highest BCUT2D eigenvalue weighted by Crippen LogP contribution is 2.31. The first kappa shape index (κ1) is 20.5. The molecule has 1 unspecified atom stereocenters. The number of methoxy groups -OCH3 is 1. The molecule has 0 spiro atoms.